The second-order valence-corrected chi connectivity index (χ2v) is 4.80. The molecule has 0 fully saturated rings. The van der Waals surface area contributed by atoms with E-state index in [-0.39, 0.29) is 34.2 Å². The summed E-state index contributed by atoms with van der Waals surface area (Å²) in [5, 5.41) is 15.2. The van der Waals surface area contributed by atoms with Crippen LogP contribution in [0.15, 0.2) is 22.7 Å². The van der Waals surface area contributed by atoms with E-state index in [9.17, 15) is 9.18 Å². The fraction of sp³-hybridized carbons (Fsp3) is 0.286. The van der Waals surface area contributed by atoms with Crippen LogP contribution in [0, 0.1) is 12.7 Å². The standard InChI is InChI=1S/C14H14ClFN2O3/c1-8-11(14(20)17-6-3-7-19)13(18-21-8)12-9(15)4-2-5-10(12)16/h2,4-5,19H,3,6-7H2,1H3,(H,17,20). The first kappa shape index (κ1) is 15.5. The normalized spacial score (nSPS) is 10.7. The maximum Gasteiger partial charge on any atom is 0.257 e. The Labute approximate surface area is 125 Å². The Morgan fingerprint density at radius 1 is 1.52 bits per heavy atom. The molecular formula is C14H14ClFN2O3. The van der Waals surface area contributed by atoms with Crippen molar-refractivity contribution in [2.45, 2.75) is 13.3 Å². The van der Waals surface area contributed by atoms with Gasteiger partial charge < -0.3 is 14.9 Å². The summed E-state index contributed by atoms with van der Waals surface area (Å²) in [6.07, 6.45) is 0.422. The Bertz CT molecular complexity index is 637. The van der Waals surface area contributed by atoms with E-state index in [0.717, 1.165) is 0 Å². The minimum Gasteiger partial charge on any atom is -0.396 e. The first-order chi connectivity index (χ1) is 10.1. The van der Waals surface area contributed by atoms with E-state index in [2.05, 4.69) is 10.5 Å². The summed E-state index contributed by atoms with van der Waals surface area (Å²) in [6.45, 7) is 1.82. The van der Waals surface area contributed by atoms with Crippen molar-refractivity contribution in [1.29, 1.82) is 0 Å². The summed E-state index contributed by atoms with van der Waals surface area (Å²) < 4.78 is 19.0. The van der Waals surface area contributed by atoms with Crippen LogP contribution in [0.3, 0.4) is 0 Å². The molecule has 0 aliphatic carbocycles. The van der Waals surface area contributed by atoms with Crippen molar-refractivity contribution in [3.05, 3.63) is 40.4 Å². The number of rotatable bonds is 5. The second-order valence-electron chi connectivity index (χ2n) is 4.39. The molecule has 1 amide bonds. The molecule has 5 nitrogen and oxygen atoms in total. The molecule has 2 aromatic rings. The minimum absolute atomic E-state index is 0.0309. The lowest BCUT2D eigenvalue weighted by atomic mass is 10.0. The van der Waals surface area contributed by atoms with Gasteiger partial charge >= 0.3 is 0 Å². The quantitative estimate of drug-likeness (QED) is 0.832. The summed E-state index contributed by atoms with van der Waals surface area (Å²) in [5.74, 6) is -0.762. The Morgan fingerprint density at radius 2 is 2.29 bits per heavy atom. The Morgan fingerprint density at radius 3 is 2.95 bits per heavy atom. The van der Waals surface area contributed by atoms with Gasteiger partial charge in [0.25, 0.3) is 5.91 Å². The van der Waals surface area contributed by atoms with Crippen molar-refractivity contribution in [1.82, 2.24) is 10.5 Å². The molecule has 0 saturated heterocycles. The number of aromatic nitrogens is 1. The van der Waals surface area contributed by atoms with Gasteiger partial charge in [0.15, 0.2) is 0 Å². The third kappa shape index (κ3) is 3.22. The number of hydrogen-bond acceptors (Lipinski definition) is 4. The largest absolute Gasteiger partial charge is 0.396 e. The lowest BCUT2D eigenvalue weighted by Gasteiger charge is -2.06. The molecule has 1 aromatic heterocycles. The second kappa shape index (κ2) is 6.69. The molecule has 0 aliphatic rings. The molecule has 0 aliphatic heterocycles. The fourth-order valence-corrected chi connectivity index (χ4v) is 2.16. The maximum absolute atomic E-state index is 14.0. The zero-order valence-corrected chi connectivity index (χ0v) is 12.1. The molecule has 112 valence electrons. The molecule has 2 N–H and O–H groups in total. The topological polar surface area (TPSA) is 75.4 Å². The number of carbonyl (C=O) groups is 1. The Kier molecular flexibility index (Phi) is 4.93. The molecule has 0 saturated carbocycles. The van der Waals surface area contributed by atoms with Gasteiger partial charge in [0.1, 0.15) is 22.8 Å². The highest BCUT2D eigenvalue weighted by molar-refractivity contribution is 6.33. The van der Waals surface area contributed by atoms with Gasteiger partial charge in [0, 0.05) is 13.2 Å². The van der Waals surface area contributed by atoms with Gasteiger partial charge in [-0.1, -0.05) is 22.8 Å². The van der Waals surface area contributed by atoms with Crippen molar-refractivity contribution in [3.63, 3.8) is 0 Å². The smallest absolute Gasteiger partial charge is 0.257 e. The van der Waals surface area contributed by atoms with E-state index >= 15 is 0 Å². The first-order valence-electron chi connectivity index (χ1n) is 6.36. The van der Waals surface area contributed by atoms with Gasteiger partial charge in [-0.2, -0.15) is 0 Å². The molecule has 0 atom stereocenters. The number of benzene rings is 1. The predicted molar refractivity (Wildman–Crippen MR) is 75.7 cm³/mol. The van der Waals surface area contributed by atoms with Crippen molar-refractivity contribution in [2.24, 2.45) is 0 Å². The number of carbonyl (C=O) groups excluding carboxylic acids is 1. The van der Waals surface area contributed by atoms with E-state index in [1.54, 1.807) is 6.92 Å². The van der Waals surface area contributed by atoms with E-state index in [0.29, 0.717) is 13.0 Å². The zero-order chi connectivity index (χ0) is 15.4. The van der Waals surface area contributed by atoms with E-state index < -0.39 is 11.7 Å². The van der Waals surface area contributed by atoms with Crippen LogP contribution in [0.4, 0.5) is 4.39 Å². The molecule has 1 aromatic carbocycles. The Hall–Kier alpha value is -1.92. The molecule has 1 heterocycles. The molecule has 7 heteroatoms. The number of aryl methyl sites for hydroxylation is 1. The highest BCUT2D eigenvalue weighted by Gasteiger charge is 2.24. The van der Waals surface area contributed by atoms with Crippen molar-refractivity contribution >= 4 is 17.5 Å². The van der Waals surface area contributed by atoms with Gasteiger partial charge in [-0.15, -0.1) is 0 Å². The molecule has 0 spiro atoms. The van der Waals surface area contributed by atoms with E-state index in [4.69, 9.17) is 21.2 Å². The number of nitrogens with zero attached hydrogens (tertiary/aromatic N) is 1. The predicted octanol–water partition coefficient (Wildman–Crippen LogP) is 2.55. The van der Waals surface area contributed by atoms with Crippen LogP contribution in [-0.2, 0) is 0 Å². The molecule has 0 radical (unpaired) electrons. The van der Waals surface area contributed by atoms with E-state index in [1.807, 2.05) is 0 Å². The van der Waals surface area contributed by atoms with Crippen LogP contribution in [0.25, 0.3) is 11.3 Å². The molecule has 0 bridgehead atoms. The number of hydrogen-bond donors (Lipinski definition) is 2. The number of amides is 1. The van der Waals surface area contributed by atoms with Gasteiger partial charge in [0.2, 0.25) is 0 Å². The summed E-state index contributed by atoms with van der Waals surface area (Å²) in [6, 6.07) is 4.21. The highest BCUT2D eigenvalue weighted by Crippen LogP contribution is 2.33. The molecule has 21 heavy (non-hydrogen) atoms. The van der Waals surface area contributed by atoms with Crippen LogP contribution >= 0.6 is 11.6 Å². The van der Waals surface area contributed by atoms with Crippen molar-refractivity contribution in [3.8, 4) is 11.3 Å². The Balaban J connectivity index is 2.41. The van der Waals surface area contributed by atoms with Gasteiger partial charge in [-0.3, -0.25) is 4.79 Å². The third-order valence-corrected chi connectivity index (χ3v) is 3.22. The SMILES string of the molecule is Cc1onc(-c2c(F)cccc2Cl)c1C(=O)NCCCO. The van der Waals surface area contributed by atoms with Crippen molar-refractivity contribution in [2.75, 3.05) is 13.2 Å². The average Bonchev–Trinajstić information content (AvgIpc) is 2.80. The monoisotopic (exact) mass is 312 g/mol. The summed E-state index contributed by atoms with van der Waals surface area (Å²) in [7, 11) is 0. The van der Waals surface area contributed by atoms with Crippen LogP contribution in [0.2, 0.25) is 5.02 Å². The zero-order valence-electron chi connectivity index (χ0n) is 11.3. The molecule has 2 rings (SSSR count). The summed E-state index contributed by atoms with van der Waals surface area (Å²) >= 11 is 5.99. The van der Waals surface area contributed by atoms with Crippen molar-refractivity contribution < 1.29 is 18.8 Å². The minimum atomic E-state index is -0.583. The van der Waals surface area contributed by atoms with Crippen LogP contribution in [-0.4, -0.2) is 29.3 Å². The lowest BCUT2D eigenvalue weighted by molar-refractivity contribution is 0.0950. The lowest BCUT2D eigenvalue weighted by Crippen LogP contribution is -2.25. The number of aliphatic hydroxyl groups is 1. The van der Waals surface area contributed by atoms with Crippen LogP contribution < -0.4 is 5.32 Å². The highest BCUT2D eigenvalue weighted by atomic mass is 35.5. The number of halogens is 2. The molecule has 0 unspecified atom stereocenters. The average molecular weight is 313 g/mol. The summed E-state index contributed by atoms with van der Waals surface area (Å²) in [5.41, 5.74) is 0.236. The fourth-order valence-electron chi connectivity index (χ4n) is 1.90. The van der Waals surface area contributed by atoms with Crippen LogP contribution in [0.1, 0.15) is 22.5 Å². The van der Waals surface area contributed by atoms with Gasteiger partial charge in [0.05, 0.1) is 10.6 Å². The first-order valence-corrected chi connectivity index (χ1v) is 6.73. The number of aliphatic hydroxyl groups excluding tert-OH is 1. The van der Waals surface area contributed by atoms with Gasteiger partial charge in [-0.25, -0.2) is 4.39 Å². The molecular weight excluding hydrogens is 299 g/mol. The summed E-state index contributed by atoms with van der Waals surface area (Å²) in [4.78, 5) is 12.2. The van der Waals surface area contributed by atoms with Crippen LogP contribution in [0.5, 0.6) is 0 Å². The number of nitrogens with one attached hydrogen (secondary N) is 1. The maximum atomic E-state index is 14.0. The van der Waals surface area contributed by atoms with E-state index in [1.165, 1.54) is 18.2 Å². The van der Waals surface area contributed by atoms with Gasteiger partial charge in [-0.05, 0) is 25.5 Å². The third-order valence-electron chi connectivity index (χ3n) is 2.91.